The van der Waals surface area contributed by atoms with Crippen molar-refractivity contribution in [3.63, 3.8) is 0 Å². The number of hydrogen-bond donors (Lipinski definition) is 1. The third-order valence-corrected chi connectivity index (χ3v) is 3.48. The Morgan fingerprint density at radius 1 is 1.39 bits per heavy atom. The molecule has 0 aliphatic heterocycles. The summed E-state index contributed by atoms with van der Waals surface area (Å²) in [5.41, 5.74) is 7.14. The molecule has 0 aliphatic rings. The number of aryl methyl sites for hydroxylation is 1. The second-order valence-electron chi connectivity index (χ2n) is 3.91. The van der Waals surface area contributed by atoms with Gasteiger partial charge in [0, 0.05) is 25.4 Å². The van der Waals surface area contributed by atoms with Crippen LogP contribution in [0.15, 0.2) is 24.4 Å². The van der Waals surface area contributed by atoms with Crippen LogP contribution in [0.1, 0.15) is 0 Å². The summed E-state index contributed by atoms with van der Waals surface area (Å²) < 4.78 is 17.5. The van der Waals surface area contributed by atoms with Crippen LogP contribution in [0.25, 0.3) is 16.9 Å². The van der Waals surface area contributed by atoms with Crippen molar-refractivity contribution >= 4 is 39.6 Å². The van der Waals surface area contributed by atoms with Gasteiger partial charge in [-0.1, -0.05) is 0 Å². The van der Waals surface area contributed by atoms with Crippen LogP contribution in [-0.2, 0) is 7.05 Å². The molecule has 0 spiro atoms. The van der Waals surface area contributed by atoms with Crippen LogP contribution in [0.4, 0.5) is 10.3 Å². The minimum atomic E-state index is -0.291. The minimum Gasteiger partial charge on any atom is -0.369 e. The van der Waals surface area contributed by atoms with Crippen molar-refractivity contribution in [2.45, 2.75) is 0 Å². The quantitative estimate of drug-likeness (QED) is 0.679. The number of nitrogen functional groups attached to an aromatic ring is 1. The number of aromatic nitrogens is 4. The highest BCUT2D eigenvalue weighted by Crippen LogP contribution is 2.25. The zero-order chi connectivity index (χ0) is 12.9. The van der Waals surface area contributed by atoms with Gasteiger partial charge < -0.3 is 5.73 Å². The minimum absolute atomic E-state index is 0.291. The van der Waals surface area contributed by atoms with Gasteiger partial charge in [0.2, 0.25) is 5.95 Å². The molecule has 3 aromatic rings. The summed E-state index contributed by atoms with van der Waals surface area (Å²) in [5.74, 6) is 0.628. The van der Waals surface area contributed by atoms with Gasteiger partial charge in [-0.15, -0.1) is 0 Å². The van der Waals surface area contributed by atoms with E-state index in [-0.39, 0.29) is 5.82 Å². The van der Waals surface area contributed by atoms with Crippen LogP contribution in [-0.4, -0.2) is 19.3 Å². The molecular formula is C11H9FIN5. The summed E-state index contributed by atoms with van der Waals surface area (Å²) in [6.07, 6.45) is 1.80. The number of nitrogens with two attached hydrogens (primary N) is 1. The van der Waals surface area contributed by atoms with Gasteiger partial charge in [-0.05, 0) is 28.7 Å². The first-order valence-corrected chi connectivity index (χ1v) is 6.27. The third-order valence-electron chi connectivity index (χ3n) is 2.65. The SMILES string of the molecule is Cn1ccc(-n2c(N)nc3cc(I)c(F)cc32)n1. The van der Waals surface area contributed by atoms with E-state index in [1.807, 2.05) is 29.6 Å². The summed E-state index contributed by atoms with van der Waals surface area (Å²) in [6, 6.07) is 4.89. The number of anilines is 1. The number of nitrogens with zero attached hydrogens (tertiary/aromatic N) is 4. The molecule has 3 rings (SSSR count). The number of fused-ring (bicyclic) bond motifs is 1. The van der Waals surface area contributed by atoms with Gasteiger partial charge in [0.1, 0.15) is 5.82 Å². The Balaban J connectivity index is 2.35. The summed E-state index contributed by atoms with van der Waals surface area (Å²) >= 11 is 1.93. The molecule has 0 bridgehead atoms. The van der Waals surface area contributed by atoms with Crippen molar-refractivity contribution in [1.82, 2.24) is 19.3 Å². The molecule has 5 nitrogen and oxygen atoms in total. The maximum atomic E-state index is 13.6. The van der Waals surface area contributed by atoms with Crippen molar-refractivity contribution in [2.24, 2.45) is 7.05 Å². The van der Waals surface area contributed by atoms with Crippen molar-refractivity contribution in [1.29, 1.82) is 0 Å². The van der Waals surface area contributed by atoms with Crippen LogP contribution in [0.2, 0.25) is 0 Å². The van der Waals surface area contributed by atoms with Gasteiger partial charge >= 0.3 is 0 Å². The van der Waals surface area contributed by atoms with Crippen molar-refractivity contribution in [3.8, 4) is 5.82 Å². The smallest absolute Gasteiger partial charge is 0.207 e. The van der Waals surface area contributed by atoms with Gasteiger partial charge in [-0.25, -0.2) is 9.37 Å². The van der Waals surface area contributed by atoms with Crippen LogP contribution in [0.3, 0.4) is 0 Å². The second kappa shape index (κ2) is 3.94. The van der Waals surface area contributed by atoms with E-state index < -0.39 is 0 Å². The molecule has 0 saturated heterocycles. The number of rotatable bonds is 1. The number of imidazole rings is 1. The average Bonchev–Trinajstić information content (AvgIpc) is 2.83. The molecule has 0 unspecified atom stereocenters. The molecule has 0 amide bonds. The van der Waals surface area contributed by atoms with Gasteiger partial charge in [-0.3, -0.25) is 9.25 Å². The van der Waals surface area contributed by atoms with E-state index in [2.05, 4.69) is 10.1 Å². The van der Waals surface area contributed by atoms with Crippen LogP contribution < -0.4 is 5.73 Å². The molecule has 2 N–H and O–H groups in total. The predicted molar refractivity (Wildman–Crippen MR) is 74.9 cm³/mol. The van der Waals surface area contributed by atoms with Crippen LogP contribution in [0, 0.1) is 9.39 Å². The second-order valence-corrected chi connectivity index (χ2v) is 5.07. The van der Waals surface area contributed by atoms with Crippen molar-refractivity contribution in [3.05, 3.63) is 33.8 Å². The number of halogens is 2. The fourth-order valence-electron chi connectivity index (χ4n) is 1.85. The Kier molecular flexibility index (Phi) is 2.51. The Hall–Kier alpha value is -1.64. The van der Waals surface area contributed by atoms with Gasteiger partial charge in [0.25, 0.3) is 0 Å². The lowest BCUT2D eigenvalue weighted by Crippen LogP contribution is -2.02. The van der Waals surface area contributed by atoms with E-state index in [4.69, 9.17) is 5.73 Å². The van der Waals surface area contributed by atoms with E-state index in [1.165, 1.54) is 6.07 Å². The molecule has 2 heterocycles. The number of benzene rings is 1. The van der Waals surface area contributed by atoms with E-state index >= 15 is 0 Å². The first-order chi connectivity index (χ1) is 8.56. The molecule has 18 heavy (non-hydrogen) atoms. The van der Waals surface area contributed by atoms with Gasteiger partial charge in [0.05, 0.1) is 14.6 Å². The Labute approximate surface area is 116 Å². The molecule has 0 aliphatic carbocycles. The molecule has 92 valence electrons. The largest absolute Gasteiger partial charge is 0.369 e. The highest BCUT2D eigenvalue weighted by atomic mass is 127. The first-order valence-electron chi connectivity index (χ1n) is 5.19. The summed E-state index contributed by atoms with van der Waals surface area (Å²) in [7, 11) is 1.81. The Morgan fingerprint density at radius 3 is 2.83 bits per heavy atom. The molecule has 1 aromatic carbocycles. The van der Waals surface area contributed by atoms with E-state index in [0.717, 1.165) is 0 Å². The first kappa shape index (κ1) is 11.5. The Bertz CT molecular complexity index is 745. The molecule has 2 aromatic heterocycles. The highest BCUT2D eigenvalue weighted by Gasteiger charge is 2.14. The van der Waals surface area contributed by atoms with Crippen LogP contribution >= 0.6 is 22.6 Å². The molecule has 0 radical (unpaired) electrons. The van der Waals surface area contributed by atoms with E-state index in [0.29, 0.717) is 26.4 Å². The summed E-state index contributed by atoms with van der Waals surface area (Å²) in [5, 5.41) is 4.25. The zero-order valence-corrected chi connectivity index (χ0v) is 11.6. The number of hydrogen-bond acceptors (Lipinski definition) is 3. The Morgan fingerprint density at radius 2 is 2.17 bits per heavy atom. The zero-order valence-electron chi connectivity index (χ0n) is 9.43. The monoisotopic (exact) mass is 357 g/mol. The fourth-order valence-corrected chi connectivity index (χ4v) is 2.30. The molecule has 0 atom stereocenters. The average molecular weight is 357 g/mol. The normalized spacial score (nSPS) is 11.3. The lowest BCUT2D eigenvalue weighted by molar-refractivity contribution is 0.621. The van der Waals surface area contributed by atoms with Gasteiger partial charge in [0.15, 0.2) is 5.82 Å². The highest BCUT2D eigenvalue weighted by molar-refractivity contribution is 14.1. The predicted octanol–water partition coefficient (Wildman–Crippen LogP) is 2.08. The molecule has 0 saturated carbocycles. The summed E-state index contributed by atoms with van der Waals surface area (Å²) in [6.45, 7) is 0. The summed E-state index contributed by atoms with van der Waals surface area (Å²) in [4.78, 5) is 4.22. The lowest BCUT2D eigenvalue weighted by atomic mass is 10.3. The molecule has 0 fully saturated rings. The maximum absolute atomic E-state index is 13.6. The third kappa shape index (κ3) is 1.65. The van der Waals surface area contributed by atoms with Crippen molar-refractivity contribution in [2.75, 3.05) is 5.73 Å². The van der Waals surface area contributed by atoms with Crippen molar-refractivity contribution < 1.29 is 4.39 Å². The van der Waals surface area contributed by atoms with Gasteiger partial charge in [-0.2, -0.15) is 5.10 Å². The lowest BCUT2D eigenvalue weighted by Gasteiger charge is -2.02. The van der Waals surface area contributed by atoms with E-state index in [1.54, 1.807) is 27.6 Å². The maximum Gasteiger partial charge on any atom is 0.207 e. The topological polar surface area (TPSA) is 61.7 Å². The van der Waals surface area contributed by atoms with E-state index in [9.17, 15) is 4.39 Å². The molecular weight excluding hydrogens is 348 g/mol. The fraction of sp³-hybridized carbons (Fsp3) is 0.0909. The standard InChI is InChI=1S/C11H9FIN5/c1-17-3-2-10(16-17)18-9-4-6(12)7(13)5-8(9)15-11(18)14/h2-5H,1H3,(H2,14,15). The molecule has 7 heteroatoms. The van der Waals surface area contributed by atoms with Crippen LogP contribution in [0.5, 0.6) is 0 Å².